The molecule has 0 aromatic heterocycles. The van der Waals surface area contributed by atoms with Gasteiger partial charge in [-0.3, -0.25) is 13.9 Å². The number of carbonyl (C=O) groups is 2. The van der Waals surface area contributed by atoms with E-state index in [9.17, 15) is 22.4 Å². The summed E-state index contributed by atoms with van der Waals surface area (Å²) < 4.78 is 49.6. The van der Waals surface area contributed by atoms with E-state index in [4.69, 9.17) is 4.74 Å². The number of hydrogen-bond acceptors (Lipinski definition) is 5. The molecule has 10 heteroatoms. The summed E-state index contributed by atoms with van der Waals surface area (Å²) >= 11 is 0. The summed E-state index contributed by atoms with van der Waals surface area (Å²) in [6.07, 6.45) is 5.02. The largest absolute Gasteiger partial charge is 0.457 e. The lowest BCUT2D eigenvalue weighted by molar-refractivity contribution is -0.140. The maximum Gasteiger partial charge on any atom is 0.264 e. The van der Waals surface area contributed by atoms with Crippen molar-refractivity contribution in [3.05, 3.63) is 156 Å². The van der Waals surface area contributed by atoms with Gasteiger partial charge in [0.25, 0.3) is 10.0 Å². The first-order valence-electron chi connectivity index (χ1n) is 17.6. The first-order valence-corrected chi connectivity index (χ1v) is 19.0. The van der Waals surface area contributed by atoms with Crippen LogP contribution in [0.15, 0.2) is 144 Å². The van der Waals surface area contributed by atoms with E-state index in [1.165, 1.54) is 29.2 Å². The van der Waals surface area contributed by atoms with Crippen LogP contribution in [0.5, 0.6) is 11.5 Å². The van der Waals surface area contributed by atoms with Crippen molar-refractivity contribution in [2.75, 3.05) is 10.8 Å². The Morgan fingerprint density at radius 2 is 1.29 bits per heavy atom. The monoisotopic (exact) mass is 719 g/mol. The molecule has 2 amide bonds. The van der Waals surface area contributed by atoms with Gasteiger partial charge in [-0.25, -0.2) is 12.8 Å². The Bertz CT molecular complexity index is 2010. The molecule has 0 unspecified atom stereocenters. The topological polar surface area (TPSA) is 96.0 Å². The highest BCUT2D eigenvalue weighted by molar-refractivity contribution is 7.92. The summed E-state index contributed by atoms with van der Waals surface area (Å²) in [6.45, 7) is -0.642. The van der Waals surface area contributed by atoms with Gasteiger partial charge in [-0.15, -0.1) is 0 Å². The summed E-state index contributed by atoms with van der Waals surface area (Å²) in [5, 5.41) is 3.20. The Hall–Kier alpha value is -5.48. The third kappa shape index (κ3) is 9.44. The summed E-state index contributed by atoms with van der Waals surface area (Å²) in [5.41, 5.74) is 1.68. The van der Waals surface area contributed by atoms with E-state index in [1.807, 2.05) is 60.7 Å². The molecule has 1 saturated carbocycles. The number of carbonyl (C=O) groups excluding carboxylic acids is 2. The molecular weight excluding hydrogens is 678 g/mol. The molecule has 1 aliphatic rings. The lowest BCUT2D eigenvalue weighted by Crippen LogP contribution is -2.55. The minimum Gasteiger partial charge on any atom is -0.457 e. The van der Waals surface area contributed by atoms with Gasteiger partial charge in [0.2, 0.25) is 11.8 Å². The summed E-state index contributed by atoms with van der Waals surface area (Å²) in [7, 11) is -4.27. The lowest BCUT2D eigenvalue weighted by atomic mass is 9.94. The van der Waals surface area contributed by atoms with Crippen molar-refractivity contribution in [1.82, 2.24) is 10.2 Å². The molecule has 0 bridgehead atoms. The number of sulfonamides is 1. The Kier molecular flexibility index (Phi) is 12.0. The van der Waals surface area contributed by atoms with E-state index >= 15 is 0 Å². The van der Waals surface area contributed by atoms with E-state index in [0.717, 1.165) is 42.0 Å². The van der Waals surface area contributed by atoms with Crippen molar-refractivity contribution in [2.24, 2.45) is 0 Å². The van der Waals surface area contributed by atoms with E-state index in [1.54, 1.807) is 54.6 Å². The smallest absolute Gasteiger partial charge is 0.264 e. The zero-order valence-corrected chi connectivity index (χ0v) is 29.6. The number of amides is 2. The molecule has 0 radical (unpaired) electrons. The second-order valence-electron chi connectivity index (χ2n) is 12.9. The number of anilines is 1. The van der Waals surface area contributed by atoms with Crippen molar-refractivity contribution < 1.29 is 27.1 Å². The molecule has 0 saturated heterocycles. The van der Waals surface area contributed by atoms with E-state index in [2.05, 4.69) is 5.32 Å². The van der Waals surface area contributed by atoms with Crippen LogP contribution in [0.2, 0.25) is 0 Å². The number of para-hydroxylation sites is 1. The number of rotatable bonds is 14. The van der Waals surface area contributed by atoms with Crippen LogP contribution in [-0.4, -0.2) is 43.8 Å². The van der Waals surface area contributed by atoms with Gasteiger partial charge in [-0.2, -0.15) is 0 Å². The Balaban J connectivity index is 1.37. The van der Waals surface area contributed by atoms with Crippen LogP contribution in [0.1, 0.15) is 43.2 Å². The van der Waals surface area contributed by atoms with Gasteiger partial charge < -0.3 is 15.0 Å². The number of hydrogen-bond donors (Lipinski definition) is 1. The molecule has 0 heterocycles. The van der Waals surface area contributed by atoms with Gasteiger partial charge in [0, 0.05) is 19.0 Å². The van der Waals surface area contributed by atoms with Gasteiger partial charge in [0.1, 0.15) is 29.9 Å². The number of halogens is 1. The second-order valence-corrected chi connectivity index (χ2v) is 14.8. The average molecular weight is 720 g/mol. The maximum atomic E-state index is 14.8. The van der Waals surface area contributed by atoms with E-state index in [0.29, 0.717) is 17.1 Å². The molecule has 5 aromatic carbocycles. The first-order chi connectivity index (χ1) is 25.3. The van der Waals surface area contributed by atoms with Crippen molar-refractivity contribution in [3.63, 3.8) is 0 Å². The maximum absolute atomic E-state index is 14.8. The second kappa shape index (κ2) is 17.2. The standard InChI is InChI=1S/C42H42FN3O5S/c43-34-23-21-33(22-24-34)30-45(40(29-32-13-5-1-6-14-32)42(48)44-35-15-7-2-8-16-35)41(47)31-46(52(49,50)39-19-11-4-12-20-39)36-25-27-38(28-26-36)51-37-17-9-3-10-18-37/h1,3-6,9-14,17-28,35,40H,2,7-8,15-16,29-31H2,(H,44,48)/t40-/m0/s1. The lowest BCUT2D eigenvalue weighted by Gasteiger charge is -2.35. The van der Waals surface area contributed by atoms with Crippen molar-refractivity contribution in [1.29, 1.82) is 0 Å². The number of benzene rings is 5. The third-order valence-electron chi connectivity index (χ3n) is 9.20. The van der Waals surface area contributed by atoms with E-state index in [-0.39, 0.29) is 35.5 Å². The molecule has 1 N–H and O–H groups in total. The summed E-state index contributed by atoms with van der Waals surface area (Å²) in [6, 6.07) is 37.7. The van der Waals surface area contributed by atoms with Crippen LogP contribution in [0.4, 0.5) is 10.1 Å². The molecule has 0 aliphatic heterocycles. The first kappa shape index (κ1) is 36.3. The van der Waals surface area contributed by atoms with E-state index < -0.39 is 34.3 Å². The van der Waals surface area contributed by atoms with Crippen molar-refractivity contribution >= 4 is 27.5 Å². The number of nitrogens with zero attached hydrogens (tertiary/aromatic N) is 2. The molecule has 268 valence electrons. The van der Waals surface area contributed by atoms with Gasteiger partial charge in [-0.1, -0.05) is 98.1 Å². The van der Waals surface area contributed by atoms with Gasteiger partial charge >= 0.3 is 0 Å². The fraction of sp³-hybridized carbons (Fsp3) is 0.238. The highest BCUT2D eigenvalue weighted by atomic mass is 32.2. The van der Waals surface area contributed by atoms with Gasteiger partial charge in [-0.05, 0) is 84.6 Å². The quantitative estimate of drug-likeness (QED) is 0.126. The third-order valence-corrected chi connectivity index (χ3v) is 11.0. The summed E-state index contributed by atoms with van der Waals surface area (Å²) in [4.78, 5) is 30.4. The van der Waals surface area contributed by atoms with Crippen LogP contribution in [0, 0.1) is 5.82 Å². The van der Waals surface area contributed by atoms with Crippen LogP contribution >= 0.6 is 0 Å². The molecule has 1 atom stereocenters. The fourth-order valence-electron chi connectivity index (χ4n) is 6.44. The Labute approximate surface area is 304 Å². The minimum absolute atomic E-state index is 0.00775. The van der Waals surface area contributed by atoms with Crippen LogP contribution in [-0.2, 0) is 32.6 Å². The molecule has 6 rings (SSSR count). The molecule has 52 heavy (non-hydrogen) atoms. The zero-order chi connectivity index (χ0) is 36.3. The number of nitrogens with one attached hydrogen (secondary N) is 1. The zero-order valence-electron chi connectivity index (χ0n) is 28.8. The average Bonchev–Trinajstić information content (AvgIpc) is 3.18. The van der Waals surface area contributed by atoms with Gasteiger partial charge in [0.15, 0.2) is 0 Å². The molecule has 5 aromatic rings. The van der Waals surface area contributed by atoms with Crippen molar-refractivity contribution in [3.8, 4) is 11.5 Å². The number of ether oxygens (including phenoxy) is 1. The molecule has 0 spiro atoms. The van der Waals surface area contributed by atoms with Crippen LogP contribution < -0.4 is 14.4 Å². The molecule has 1 aliphatic carbocycles. The highest BCUT2D eigenvalue weighted by Gasteiger charge is 2.35. The normalized spacial score (nSPS) is 13.9. The molecule has 1 fully saturated rings. The SMILES string of the molecule is O=C(NC1CCCCC1)[C@H](Cc1ccccc1)N(Cc1ccc(F)cc1)C(=O)CN(c1ccc(Oc2ccccc2)cc1)S(=O)(=O)c1ccccc1. The minimum atomic E-state index is -4.27. The highest BCUT2D eigenvalue weighted by Crippen LogP contribution is 2.29. The van der Waals surface area contributed by atoms with Crippen molar-refractivity contribution in [2.45, 2.75) is 62.0 Å². The summed E-state index contributed by atoms with van der Waals surface area (Å²) in [5.74, 6) is -0.234. The predicted octanol–water partition coefficient (Wildman–Crippen LogP) is 7.90. The van der Waals surface area contributed by atoms with Gasteiger partial charge in [0.05, 0.1) is 10.6 Å². The van der Waals surface area contributed by atoms with Crippen LogP contribution in [0.3, 0.4) is 0 Å². The fourth-order valence-corrected chi connectivity index (χ4v) is 7.87. The Morgan fingerprint density at radius 1 is 0.712 bits per heavy atom. The van der Waals surface area contributed by atoms with Crippen LogP contribution in [0.25, 0.3) is 0 Å². The Morgan fingerprint density at radius 3 is 1.92 bits per heavy atom. The molecule has 8 nitrogen and oxygen atoms in total. The molecular formula is C42H42FN3O5S. The predicted molar refractivity (Wildman–Crippen MR) is 200 cm³/mol.